The first-order chi connectivity index (χ1) is 10.6. The van der Waals surface area contributed by atoms with Crippen LogP contribution in [0.25, 0.3) is 0 Å². The fourth-order valence-corrected chi connectivity index (χ4v) is 3.28. The van der Waals surface area contributed by atoms with Gasteiger partial charge in [0.1, 0.15) is 5.75 Å². The maximum absolute atomic E-state index is 12.8. The molecule has 1 aliphatic heterocycles. The zero-order valence-electron chi connectivity index (χ0n) is 13.3. The molecule has 0 radical (unpaired) electrons. The molecular formula is C19H21NO2. The maximum Gasteiger partial charge on any atom is 0.237 e. The molecule has 0 unspecified atom stereocenters. The Labute approximate surface area is 131 Å². The van der Waals surface area contributed by atoms with Crippen LogP contribution in [0.2, 0.25) is 0 Å². The van der Waals surface area contributed by atoms with Crippen molar-refractivity contribution >= 4 is 11.6 Å². The topological polar surface area (TPSA) is 29.5 Å². The first kappa shape index (κ1) is 14.6. The number of rotatable bonds is 4. The highest BCUT2D eigenvalue weighted by Gasteiger charge is 2.45. The number of anilines is 1. The van der Waals surface area contributed by atoms with Crippen LogP contribution in [0.1, 0.15) is 25.0 Å². The molecule has 3 nitrogen and oxygen atoms in total. The highest BCUT2D eigenvalue weighted by Crippen LogP contribution is 2.42. The lowest BCUT2D eigenvalue weighted by atomic mass is 9.78. The van der Waals surface area contributed by atoms with Crippen molar-refractivity contribution in [3.05, 3.63) is 59.7 Å². The summed E-state index contributed by atoms with van der Waals surface area (Å²) in [5.41, 5.74) is 2.76. The van der Waals surface area contributed by atoms with E-state index in [1.165, 1.54) is 0 Å². The van der Waals surface area contributed by atoms with E-state index in [0.717, 1.165) is 22.6 Å². The smallest absolute Gasteiger partial charge is 0.237 e. The van der Waals surface area contributed by atoms with E-state index in [9.17, 15) is 4.79 Å². The van der Waals surface area contributed by atoms with Crippen LogP contribution in [0.3, 0.4) is 0 Å². The highest BCUT2D eigenvalue weighted by atomic mass is 16.5. The Bertz CT molecular complexity index is 693. The lowest BCUT2D eigenvalue weighted by Gasteiger charge is -2.23. The summed E-state index contributed by atoms with van der Waals surface area (Å²) >= 11 is 0. The number of likely N-dealkylation sites (N-methyl/N-ethyl adjacent to an activating group) is 1. The molecule has 0 aliphatic carbocycles. The third kappa shape index (κ3) is 2.27. The highest BCUT2D eigenvalue weighted by molar-refractivity contribution is 6.07. The molecule has 3 heteroatoms. The Kier molecular flexibility index (Phi) is 3.65. The van der Waals surface area contributed by atoms with Crippen LogP contribution in [-0.4, -0.2) is 19.6 Å². The predicted molar refractivity (Wildman–Crippen MR) is 88.5 cm³/mol. The van der Waals surface area contributed by atoms with Crippen LogP contribution in [0, 0.1) is 0 Å². The van der Waals surface area contributed by atoms with Gasteiger partial charge in [-0.3, -0.25) is 4.79 Å². The number of hydrogen-bond donors (Lipinski definition) is 0. The molecule has 0 N–H and O–H groups in total. The number of para-hydroxylation sites is 1. The van der Waals surface area contributed by atoms with E-state index in [1.54, 1.807) is 4.90 Å². The lowest BCUT2D eigenvalue weighted by Crippen LogP contribution is -2.37. The van der Waals surface area contributed by atoms with Gasteiger partial charge in [-0.05, 0) is 49.6 Å². The van der Waals surface area contributed by atoms with Crippen molar-refractivity contribution in [3.8, 4) is 5.75 Å². The van der Waals surface area contributed by atoms with Crippen LogP contribution in [-0.2, 0) is 16.6 Å². The molecule has 2 aromatic carbocycles. The molecule has 0 spiro atoms. The predicted octanol–water partition coefficient (Wildman–Crippen LogP) is 3.56. The van der Waals surface area contributed by atoms with Crippen molar-refractivity contribution < 1.29 is 9.53 Å². The van der Waals surface area contributed by atoms with E-state index < -0.39 is 5.41 Å². The molecule has 0 fully saturated rings. The number of fused-ring (bicyclic) bond motifs is 1. The summed E-state index contributed by atoms with van der Waals surface area (Å²) in [5.74, 6) is 1.02. The largest absolute Gasteiger partial charge is 0.494 e. The number of nitrogens with zero attached hydrogens (tertiary/aromatic N) is 1. The van der Waals surface area contributed by atoms with E-state index in [0.29, 0.717) is 13.0 Å². The molecule has 0 saturated heterocycles. The van der Waals surface area contributed by atoms with Crippen molar-refractivity contribution in [1.29, 1.82) is 0 Å². The van der Waals surface area contributed by atoms with Crippen molar-refractivity contribution in [3.63, 3.8) is 0 Å². The average molecular weight is 295 g/mol. The lowest BCUT2D eigenvalue weighted by molar-refractivity contribution is -0.122. The Balaban J connectivity index is 1.92. The number of hydrogen-bond acceptors (Lipinski definition) is 2. The number of carbonyl (C=O) groups is 1. The van der Waals surface area contributed by atoms with Gasteiger partial charge in [-0.1, -0.05) is 30.3 Å². The minimum absolute atomic E-state index is 0.155. The molecule has 22 heavy (non-hydrogen) atoms. The SMILES string of the molecule is CCOc1ccc(C[C@]2(C)C(=O)N(C)c3ccccc32)cc1. The first-order valence-electron chi connectivity index (χ1n) is 7.65. The zero-order valence-corrected chi connectivity index (χ0v) is 13.3. The summed E-state index contributed by atoms with van der Waals surface area (Å²) in [7, 11) is 1.85. The van der Waals surface area contributed by atoms with Gasteiger partial charge in [0.25, 0.3) is 0 Å². The fourth-order valence-electron chi connectivity index (χ4n) is 3.28. The summed E-state index contributed by atoms with van der Waals surface area (Å²) in [5, 5.41) is 0. The number of ether oxygens (including phenoxy) is 1. The second kappa shape index (κ2) is 5.48. The van der Waals surface area contributed by atoms with Gasteiger partial charge in [0.05, 0.1) is 12.0 Å². The van der Waals surface area contributed by atoms with Crippen LogP contribution < -0.4 is 9.64 Å². The van der Waals surface area contributed by atoms with Gasteiger partial charge in [-0.15, -0.1) is 0 Å². The quantitative estimate of drug-likeness (QED) is 0.863. The van der Waals surface area contributed by atoms with E-state index in [1.807, 2.05) is 63.4 Å². The standard InChI is InChI=1S/C19H21NO2/c1-4-22-15-11-9-14(10-12-15)13-19(2)16-7-5-6-8-17(16)20(3)18(19)21/h5-12H,4,13H2,1-3H3/t19-/m0/s1. The van der Waals surface area contributed by atoms with E-state index in [4.69, 9.17) is 4.74 Å². The minimum Gasteiger partial charge on any atom is -0.494 e. The van der Waals surface area contributed by atoms with Gasteiger partial charge in [0.2, 0.25) is 5.91 Å². The molecular weight excluding hydrogens is 274 g/mol. The third-order valence-electron chi connectivity index (χ3n) is 4.43. The van der Waals surface area contributed by atoms with Crippen molar-refractivity contribution in [2.24, 2.45) is 0 Å². The molecule has 0 bridgehead atoms. The molecule has 0 aromatic heterocycles. The fraction of sp³-hybridized carbons (Fsp3) is 0.316. The van der Waals surface area contributed by atoms with E-state index in [-0.39, 0.29) is 5.91 Å². The first-order valence-corrected chi connectivity index (χ1v) is 7.65. The van der Waals surface area contributed by atoms with Gasteiger partial charge in [0, 0.05) is 12.7 Å². The second-order valence-corrected chi connectivity index (χ2v) is 5.97. The molecule has 1 heterocycles. The zero-order chi connectivity index (χ0) is 15.7. The van der Waals surface area contributed by atoms with Gasteiger partial charge in [0.15, 0.2) is 0 Å². The average Bonchev–Trinajstić information content (AvgIpc) is 2.72. The number of amides is 1. The molecule has 0 saturated carbocycles. The van der Waals surface area contributed by atoms with Gasteiger partial charge in [-0.25, -0.2) is 0 Å². The summed E-state index contributed by atoms with van der Waals surface area (Å²) in [6.45, 7) is 4.67. The Hall–Kier alpha value is -2.29. The Morgan fingerprint density at radius 3 is 2.45 bits per heavy atom. The summed E-state index contributed by atoms with van der Waals surface area (Å²) in [4.78, 5) is 14.5. The van der Waals surface area contributed by atoms with Crippen LogP contribution in [0.15, 0.2) is 48.5 Å². The monoisotopic (exact) mass is 295 g/mol. The van der Waals surface area contributed by atoms with Gasteiger partial charge in [-0.2, -0.15) is 0 Å². The van der Waals surface area contributed by atoms with Crippen molar-refractivity contribution in [2.45, 2.75) is 25.7 Å². The third-order valence-corrected chi connectivity index (χ3v) is 4.43. The van der Waals surface area contributed by atoms with E-state index >= 15 is 0 Å². The molecule has 1 atom stereocenters. The van der Waals surface area contributed by atoms with Crippen molar-refractivity contribution in [1.82, 2.24) is 0 Å². The molecule has 1 aliphatic rings. The second-order valence-electron chi connectivity index (χ2n) is 5.97. The summed E-state index contributed by atoms with van der Waals surface area (Å²) < 4.78 is 5.48. The Morgan fingerprint density at radius 1 is 1.09 bits per heavy atom. The molecule has 3 rings (SSSR count). The Morgan fingerprint density at radius 2 is 1.77 bits per heavy atom. The maximum atomic E-state index is 12.8. The van der Waals surface area contributed by atoms with E-state index in [2.05, 4.69) is 6.07 Å². The molecule has 1 amide bonds. The van der Waals surface area contributed by atoms with Crippen LogP contribution in [0.4, 0.5) is 5.69 Å². The molecule has 2 aromatic rings. The van der Waals surface area contributed by atoms with Gasteiger partial charge >= 0.3 is 0 Å². The normalized spacial score (nSPS) is 20.1. The minimum atomic E-state index is -0.502. The molecule has 114 valence electrons. The van der Waals surface area contributed by atoms with Crippen molar-refractivity contribution in [2.75, 3.05) is 18.6 Å². The summed E-state index contributed by atoms with van der Waals surface area (Å²) in [6.07, 6.45) is 0.694. The van der Waals surface area contributed by atoms with Crippen LogP contribution in [0.5, 0.6) is 5.75 Å². The number of benzene rings is 2. The number of carbonyl (C=O) groups excluding carboxylic acids is 1. The summed E-state index contributed by atoms with van der Waals surface area (Å²) in [6, 6.07) is 16.1. The van der Waals surface area contributed by atoms with Crippen LogP contribution >= 0.6 is 0 Å². The van der Waals surface area contributed by atoms with Gasteiger partial charge < -0.3 is 9.64 Å².